The molecule has 0 saturated heterocycles. The van der Waals surface area contributed by atoms with Crippen LogP contribution in [0.4, 0.5) is 0 Å². The highest BCUT2D eigenvalue weighted by Gasteiger charge is 1.95. The second-order valence-corrected chi connectivity index (χ2v) is 5.25. The molecule has 0 unspecified atom stereocenters. The van der Waals surface area contributed by atoms with Gasteiger partial charge in [-0.2, -0.15) is 25.3 Å². The van der Waals surface area contributed by atoms with Gasteiger partial charge in [0.25, 0.3) is 0 Å². The molecule has 0 nitrogen and oxygen atoms in total. The largest absolute Gasteiger partial charge is 0.179 e. The van der Waals surface area contributed by atoms with E-state index in [-0.39, 0.29) is 7.92 Å². The van der Waals surface area contributed by atoms with Gasteiger partial charge in [-0.15, -0.1) is 7.92 Å². The number of thiol groups is 2. The normalized spacial score (nSPS) is 10.5. The van der Waals surface area contributed by atoms with Gasteiger partial charge in [-0.25, -0.2) is 0 Å². The molecule has 0 aromatic rings. The van der Waals surface area contributed by atoms with Gasteiger partial charge in [0, 0.05) is 0 Å². The smallest absolute Gasteiger partial charge is 0.00586 e. The van der Waals surface area contributed by atoms with E-state index in [1.807, 2.05) is 0 Å². The molecule has 0 aromatic carbocycles. The van der Waals surface area contributed by atoms with E-state index >= 15 is 0 Å². The van der Waals surface area contributed by atoms with Crippen LogP contribution in [0.2, 0.25) is 0 Å². The van der Waals surface area contributed by atoms with Crippen LogP contribution in [-0.2, 0) is 0 Å². The highest BCUT2D eigenvalue weighted by molar-refractivity contribution is 7.81. The Morgan fingerprint density at radius 2 is 1.50 bits per heavy atom. The fourth-order valence-electron chi connectivity index (χ4n) is 0.453. The summed E-state index contributed by atoms with van der Waals surface area (Å²) in [6.45, 7) is 2.31. The maximum absolute atomic E-state index is 4.14. The third kappa shape index (κ3) is 5.27. The van der Waals surface area contributed by atoms with Crippen LogP contribution in [-0.4, -0.2) is 30.5 Å². The molecule has 0 spiro atoms. The van der Waals surface area contributed by atoms with Crippen molar-refractivity contribution in [1.29, 1.82) is 0 Å². The van der Waals surface area contributed by atoms with Crippen molar-refractivity contribution >= 4 is 33.2 Å². The van der Waals surface area contributed by atoms with Gasteiger partial charge in [0.15, 0.2) is 0 Å². The van der Waals surface area contributed by atoms with E-state index in [9.17, 15) is 0 Å². The minimum Gasteiger partial charge on any atom is -0.179 e. The fourth-order valence-corrected chi connectivity index (χ4v) is 3.41. The van der Waals surface area contributed by atoms with E-state index in [2.05, 4.69) is 31.9 Å². The van der Waals surface area contributed by atoms with Crippen LogP contribution in [0.5, 0.6) is 0 Å². The van der Waals surface area contributed by atoms with E-state index in [1.54, 1.807) is 0 Å². The van der Waals surface area contributed by atoms with Crippen molar-refractivity contribution in [3.8, 4) is 0 Å². The molecule has 0 atom stereocenters. The lowest BCUT2D eigenvalue weighted by atomic mass is 10.9. The average molecular weight is 168 g/mol. The number of rotatable bonds is 4. The first-order valence-corrected chi connectivity index (χ1v) is 6.14. The highest BCUT2D eigenvalue weighted by atomic mass is 32.1. The Hall–Kier alpha value is 1.13. The van der Waals surface area contributed by atoms with Crippen molar-refractivity contribution in [3.05, 3.63) is 0 Å². The zero-order valence-electron chi connectivity index (χ0n) is 5.17. The maximum Gasteiger partial charge on any atom is -0.00586 e. The molecule has 0 bridgehead atoms. The molecule has 0 heterocycles. The monoisotopic (exact) mass is 168 g/mol. The van der Waals surface area contributed by atoms with Crippen LogP contribution in [0.25, 0.3) is 0 Å². The Labute approximate surface area is 64.0 Å². The molecule has 0 amide bonds. The van der Waals surface area contributed by atoms with Crippen molar-refractivity contribution in [3.63, 3.8) is 0 Å². The van der Waals surface area contributed by atoms with Crippen LogP contribution >= 0.6 is 33.2 Å². The molecule has 8 heavy (non-hydrogen) atoms. The standard InChI is InChI=1S/C5H13PS2/c1-6(2-4-7)3-5-8/h7-8H,2-5H2,1H3. The minimum atomic E-state index is 0.266. The molecule has 0 aliphatic rings. The lowest BCUT2D eigenvalue weighted by Gasteiger charge is -2.06. The first-order chi connectivity index (χ1) is 3.81. The van der Waals surface area contributed by atoms with Gasteiger partial charge in [-0.3, -0.25) is 0 Å². The Bertz CT molecular complexity index is 43.7. The Kier molecular flexibility index (Phi) is 7.14. The Morgan fingerprint density at radius 3 is 1.75 bits per heavy atom. The summed E-state index contributed by atoms with van der Waals surface area (Å²) in [6, 6.07) is 0. The van der Waals surface area contributed by atoms with E-state index in [4.69, 9.17) is 0 Å². The van der Waals surface area contributed by atoms with Crippen LogP contribution in [0.1, 0.15) is 0 Å². The molecule has 0 aliphatic carbocycles. The van der Waals surface area contributed by atoms with E-state index < -0.39 is 0 Å². The molecule has 0 aliphatic heterocycles. The summed E-state index contributed by atoms with van der Waals surface area (Å²) in [7, 11) is 0.266. The van der Waals surface area contributed by atoms with E-state index in [0.717, 1.165) is 11.5 Å². The second-order valence-electron chi connectivity index (χ2n) is 1.75. The SMILES string of the molecule is CP(CCS)CCS. The summed E-state index contributed by atoms with van der Waals surface area (Å²) in [4.78, 5) is 0. The van der Waals surface area contributed by atoms with Gasteiger partial charge in [0.1, 0.15) is 0 Å². The van der Waals surface area contributed by atoms with Gasteiger partial charge < -0.3 is 0 Å². The predicted octanol–water partition coefficient (Wildman–Crippen LogP) is 1.96. The van der Waals surface area contributed by atoms with Gasteiger partial charge in [0.05, 0.1) is 0 Å². The van der Waals surface area contributed by atoms with Gasteiger partial charge in [0.2, 0.25) is 0 Å². The van der Waals surface area contributed by atoms with Gasteiger partial charge in [-0.1, -0.05) is 0 Å². The molecule has 3 heteroatoms. The molecule has 0 saturated carbocycles. The van der Waals surface area contributed by atoms with Crippen molar-refractivity contribution in [2.24, 2.45) is 0 Å². The molecule has 0 fully saturated rings. The second kappa shape index (κ2) is 6.25. The number of hydrogen-bond acceptors (Lipinski definition) is 2. The first kappa shape index (κ1) is 9.13. The van der Waals surface area contributed by atoms with E-state index in [1.165, 1.54) is 12.3 Å². The Morgan fingerprint density at radius 1 is 1.12 bits per heavy atom. The summed E-state index contributed by atoms with van der Waals surface area (Å²) in [5, 5.41) is 0. The molecule has 50 valence electrons. The summed E-state index contributed by atoms with van der Waals surface area (Å²) in [5.41, 5.74) is 0. The van der Waals surface area contributed by atoms with Crippen LogP contribution in [0.15, 0.2) is 0 Å². The zero-order valence-corrected chi connectivity index (χ0v) is 7.85. The molecular formula is C5H13PS2. The fraction of sp³-hybridized carbons (Fsp3) is 1.00. The highest BCUT2D eigenvalue weighted by Crippen LogP contribution is 2.29. The topological polar surface area (TPSA) is 0 Å². The third-order valence-corrected chi connectivity index (χ3v) is 4.09. The van der Waals surface area contributed by atoms with Crippen molar-refractivity contribution in [1.82, 2.24) is 0 Å². The summed E-state index contributed by atoms with van der Waals surface area (Å²) < 4.78 is 0. The maximum atomic E-state index is 4.14. The van der Waals surface area contributed by atoms with Crippen LogP contribution < -0.4 is 0 Å². The summed E-state index contributed by atoms with van der Waals surface area (Å²) in [5.74, 6) is 2.08. The third-order valence-electron chi connectivity index (χ3n) is 0.963. The summed E-state index contributed by atoms with van der Waals surface area (Å²) >= 11 is 8.29. The molecule has 0 rings (SSSR count). The minimum absolute atomic E-state index is 0.266. The van der Waals surface area contributed by atoms with Crippen molar-refractivity contribution < 1.29 is 0 Å². The molecule has 0 N–H and O–H groups in total. The van der Waals surface area contributed by atoms with Crippen LogP contribution in [0.3, 0.4) is 0 Å². The molecule has 0 radical (unpaired) electrons. The molecular weight excluding hydrogens is 155 g/mol. The van der Waals surface area contributed by atoms with Gasteiger partial charge >= 0.3 is 0 Å². The zero-order chi connectivity index (χ0) is 6.41. The van der Waals surface area contributed by atoms with E-state index in [0.29, 0.717) is 0 Å². The average Bonchev–Trinajstić information content (AvgIpc) is 1.68. The summed E-state index contributed by atoms with van der Waals surface area (Å²) in [6.07, 6.45) is 2.58. The first-order valence-electron chi connectivity index (χ1n) is 2.71. The predicted molar refractivity (Wildman–Crippen MR) is 50.3 cm³/mol. The lowest BCUT2D eigenvalue weighted by Crippen LogP contribution is -1.90. The Balaban J connectivity index is 2.92. The van der Waals surface area contributed by atoms with Gasteiger partial charge in [-0.05, 0) is 30.5 Å². The van der Waals surface area contributed by atoms with Crippen LogP contribution in [0, 0.1) is 0 Å². The number of hydrogen-bond donors (Lipinski definition) is 2. The van der Waals surface area contributed by atoms with Crippen molar-refractivity contribution in [2.45, 2.75) is 0 Å². The van der Waals surface area contributed by atoms with Crippen molar-refractivity contribution in [2.75, 3.05) is 30.5 Å². The lowest BCUT2D eigenvalue weighted by molar-refractivity contribution is 1.45. The molecule has 0 aromatic heterocycles. The quantitative estimate of drug-likeness (QED) is 0.465.